The molecule has 6 aromatic rings. The summed E-state index contributed by atoms with van der Waals surface area (Å²) in [5.74, 6) is 0. The van der Waals surface area contributed by atoms with Gasteiger partial charge < -0.3 is 10.7 Å². The number of nitrogen functional groups attached to an aromatic ring is 1. The Kier molecular flexibility index (Phi) is 3.65. The first kappa shape index (κ1) is 16.9. The lowest BCUT2D eigenvalue weighted by atomic mass is 9.89. The fourth-order valence-corrected chi connectivity index (χ4v) is 4.55. The number of aromatic nitrogens is 1. The van der Waals surface area contributed by atoms with Gasteiger partial charge >= 0.3 is 0 Å². The molecule has 30 heavy (non-hydrogen) atoms. The highest BCUT2D eigenvalue weighted by molar-refractivity contribution is 6.12. The summed E-state index contributed by atoms with van der Waals surface area (Å²) in [7, 11) is 0. The summed E-state index contributed by atoms with van der Waals surface area (Å²) in [6, 6.07) is 36.2. The Morgan fingerprint density at radius 3 is 2.03 bits per heavy atom. The Labute approximate surface area is 174 Å². The van der Waals surface area contributed by atoms with Gasteiger partial charge in [0.25, 0.3) is 0 Å². The summed E-state index contributed by atoms with van der Waals surface area (Å²) in [6.07, 6.45) is 0. The van der Waals surface area contributed by atoms with Crippen LogP contribution in [0.15, 0.2) is 103 Å². The van der Waals surface area contributed by atoms with Crippen LogP contribution >= 0.6 is 0 Å². The van der Waals surface area contributed by atoms with Crippen LogP contribution in [0.3, 0.4) is 0 Å². The predicted octanol–water partition coefficient (Wildman–Crippen LogP) is 7.39. The summed E-state index contributed by atoms with van der Waals surface area (Å²) < 4.78 is 0. The van der Waals surface area contributed by atoms with Crippen LogP contribution in [0, 0.1) is 0 Å². The van der Waals surface area contributed by atoms with Gasteiger partial charge in [0.1, 0.15) is 0 Å². The average Bonchev–Trinajstić information content (AvgIpc) is 3.16. The third kappa shape index (κ3) is 2.51. The summed E-state index contributed by atoms with van der Waals surface area (Å²) in [6.45, 7) is 0. The maximum absolute atomic E-state index is 6.42. The summed E-state index contributed by atoms with van der Waals surface area (Å²) in [5, 5.41) is 4.95. The molecule has 142 valence electrons. The molecule has 0 saturated carbocycles. The minimum atomic E-state index is 0.787. The van der Waals surface area contributed by atoms with E-state index in [1.54, 1.807) is 0 Å². The van der Waals surface area contributed by atoms with Gasteiger partial charge in [-0.2, -0.15) is 0 Å². The number of para-hydroxylation sites is 2. The van der Waals surface area contributed by atoms with E-state index in [4.69, 9.17) is 5.73 Å². The van der Waals surface area contributed by atoms with E-state index >= 15 is 0 Å². The molecule has 0 atom stereocenters. The molecule has 2 nitrogen and oxygen atoms in total. The highest BCUT2D eigenvalue weighted by atomic mass is 14.7. The minimum Gasteiger partial charge on any atom is -0.398 e. The number of fused-ring (bicyclic) bond motifs is 4. The molecule has 5 aromatic carbocycles. The van der Waals surface area contributed by atoms with Gasteiger partial charge in [0.15, 0.2) is 0 Å². The molecule has 0 spiro atoms. The van der Waals surface area contributed by atoms with Crippen LogP contribution in [-0.4, -0.2) is 4.98 Å². The van der Waals surface area contributed by atoms with Gasteiger partial charge in [-0.05, 0) is 51.7 Å². The Hall–Kier alpha value is -4.04. The molecule has 0 amide bonds. The van der Waals surface area contributed by atoms with E-state index < -0.39 is 0 Å². The third-order valence-corrected chi connectivity index (χ3v) is 5.98. The lowest BCUT2D eigenvalue weighted by Gasteiger charge is -2.15. The highest BCUT2D eigenvalue weighted by Gasteiger charge is 2.16. The quantitative estimate of drug-likeness (QED) is 0.300. The normalized spacial score (nSPS) is 11.5. The molecule has 2 heteroatoms. The van der Waals surface area contributed by atoms with Gasteiger partial charge in [-0.3, -0.25) is 0 Å². The van der Waals surface area contributed by atoms with Crippen molar-refractivity contribution in [2.24, 2.45) is 0 Å². The first-order chi connectivity index (χ1) is 14.8. The molecule has 0 bridgehead atoms. The van der Waals surface area contributed by atoms with Crippen molar-refractivity contribution in [3.63, 3.8) is 0 Å². The van der Waals surface area contributed by atoms with Crippen molar-refractivity contribution in [3.8, 4) is 22.3 Å². The average molecular weight is 384 g/mol. The number of nitrogens with one attached hydrogen (secondary N) is 1. The smallest absolute Gasteiger partial charge is 0.0471 e. The predicted molar refractivity (Wildman–Crippen MR) is 129 cm³/mol. The highest BCUT2D eigenvalue weighted by Crippen LogP contribution is 2.41. The molecular weight excluding hydrogens is 364 g/mol. The lowest BCUT2D eigenvalue weighted by Crippen LogP contribution is -1.93. The Balaban J connectivity index is 1.77. The summed E-state index contributed by atoms with van der Waals surface area (Å²) in [4.78, 5) is 3.58. The van der Waals surface area contributed by atoms with Crippen LogP contribution in [0.4, 0.5) is 5.69 Å². The lowest BCUT2D eigenvalue weighted by molar-refractivity contribution is 1.54. The molecule has 0 aliphatic rings. The number of benzene rings is 5. The van der Waals surface area contributed by atoms with Crippen molar-refractivity contribution in [2.45, 2.75) is 0 Å². The fraction of sp³-hybridized carbons (Fsp3) is 0. The van der Waals surface area contributed by atoms with Crippen LogP contribution in [0.1, 0.15) is 0 Å². The number of aromatic amines is 1. The molecule has 0 saturated heterocycles. The van der Waals surface area contributed by atoms with Crippen LogP contribution < -0.4 is 5.73 Å². The zero-order chi connectivity index (χ0) is 20.1. The second-order valence-electron chi connectivity index (χ2n) is 7.73. The second-order valence-corrected chi connectivity index (χ2v) is 7.73. The maximum atomic E-state index is 6.42. The van der Waals surface area contributed by atoms with Crippen molar-refractivity contribution in [2.75, 3.05) is 5.73 Å². The summed E-state index contributed by atoms with van der Waals surface area (Å²) >= 11 is 0. The van der Waals surface area contributed by atoms with Crippen molar-refractivity contribution < 1.29 is 0 Å². The molecule has 1 aromatic heterocycles. The van der Waals surface area contributed by atoms with Crippen molar-refractivity contribution in [1.29, 1.82) is 0 Å². The van der Waals surface area contributed by atoms with Crippen LogP contribution in [-0.2, 0) is 0 Å². The Morgan fingerprint density at radius 1 is 0.467 bits per heavy atom. The second kappa shape index (κ2) is 6.50. The van der Waals surface area contributed by atoms with E-state index in [1.165, 1.54) is 32.7 Å². The zero-order valence-electron chi connectivity index (χ0n) is 16.4. The number of rotatable bonds is 2. The van der Waals surface area contributed by atoms with E-state index in [0.29, 0.717) is 0 Å². The number of H-pyrrole nitrogens is 1. The van der Waals surface area contributed by atoms with Gasteiger partial charge in [0, 0.05) is 33.1 Å². The topological polar surface area (TPSA) is 41.8 Å². The van der Waals surface area contributed by atoms with Gasteiger partial charge in [0.05, 0.1) is 0 Å². The van der Waals surface area contributed by atoms with Gasteiger partial charge in [-0.15, -0.1) is 0 Å². The molecule has 3 N–H and O–H groups in total. The van der Waals surface area contributed by atoms with Crippen molar-refractivity contribution in [1.82, 2.24) is 4.98 Å². The number of anilines is 1. The van der Waals surface area contributed by atoms with E-state index in [1.807, 2.05) is 18.2 Å². The minimum absolute atomic E-state index is 0.787. The molecule has 6 rings (SSSR count). The van der Waals surface area contributed by atoms with E-state index in [-0.39, 0.29) is 0 Å². The number of hydrogen-bond acceptors (Lipinski definition) is 1. The van der Waals surface area contributed by atoms with E-state index in [0.717, 1.165) is 27.8 Å². The standard InChI is InChI=1S/C28H20N2/c29-26-14-5-3-11-21(26)24-17-28-25(22-12-4-6-15-27(22)30-28)16-23(24)20-13-7-9-18-8-1-2-10-19(18)20/h1-17,30H,29H2. The SMILES string of the molecule is Nc1ccccc1-c1cc2[nH]c3ccccc3c2cc1-c1cccc2ccccc12. The maximum Gasteiger partial charge on any atom is 0.0471 e. The summed E-state index contributed by atoms with van der Waals surface area (Å²) in [5.41, 5.74) is 14.1. The zero-order valence-corrected chi connectivity index (χ0v) is 16.4. The molecule has 1 heterocycles. The first-order valence-corrected chi connectivity index (χ1v) is 10.2. The van der Waals surface area contributed by atoms with Gasteiger partial charge in [-0.1, -0.05) is 78.9 Å². The molecule has 0 aliphatic heterocycles. The molecule has 0 fully saturated rings. The molecular formula is C28H20N2. The monoisotopic (exact) mass is 384 g/mol. The molecule has 0 unspecified atom stereocenters. The van der Waals surface area contributed by atoms with E-state index in [9.17, 15) is 0 Å². The fourth-order valence-electron chi connectivity index (χ4n) is 4.55. The largest absolute Gasteiger partial charge is 0.398 e. The Bertz CT molecular complexity index is 1550. The Morgan fingerprint density at radius 2 is 1.13 bits per heavy atom. The molecule has 0 aliphatic carbocycles. The van der Waals surface area contributed by atoms with Crippen molar-refractivity contribution >= 4 is 38.3 Å². The van der Waals surface area contributed by atoms with Crippen LogP contribution in [0.2, 0.25) is 0 Å². The first-order valence-electron chi connectivity index (χ1n) is 10.2. The van der Waals surface area contributed by atoms with Crippen LogP contribution in [0.25, 0.3) is 54.8 Å². The van der Waals surface area contributed by atoms with Crippen molar-refractivity contribution in [3.05, 3.63) is 103 Å². The van der Waals surface area contributed by atoms with Gasteiger partial charge in [0.2, 0.25) is 0 Å². The van der Waals surface area contributed by atoms with E-state index in [2.05, 4.69) is 89.9 Å². The number of hydrogen-bond donors (Lipinski definition) is 2. The van der Waals surface area contributed by atoms with Crippen LogP contribution in [0.5, 0.6) is 0 Å². The number of nitrogens with two attached hydrogens (primary N) is 1. The molecule has 0 radical (unpaired) electrons. The van der Waals surface area contributed by atoms with Gasteiger partial charge in [-0.25, -0.2) is 0 Å². The third-order valence-electron chi connectivity index (χ3n) is 5.98.